The molecule has 1 aromatic rings. The minimum absolute atomic E-state index is 0.175. The molecule has 1 aliphatic rings. The molecule has 3 unspecified atom stereocenters. The number of benzene rings is 1. The first kappa shape index (κ1) is 17.4. The molecule has 1 aromatic carbocycles. The van der Waals surface area contributed by atoms with E-state index >= 15 is 0 Å². The average Bonchev–Trinajstić information content (AvgIpc) is 2.97. The second kappa shape index (κ2) is 7.55. The van der Waals surface area contributed by atoms with Crippen LogP contribution in [0, 0.1) is 17.7 Å². The van der Waals surface area contributed by atoms with E-state index in [9.17, 15) is 14.0 Å². The van der Waals surface area contributed by atoms with Gasteiger partial charge in [-0.2, -0.15) is 0 Å². The van der Waals surface area contributed by atoms with Gasteiger partial charge in [-0.05, 0) is 18.4 Å². The Morgan fingerprint density at radius 2 is 2.09 bits per heavy atom. The molecule has 1 amide bonds. The zero-order valence-electron chi connectivity index (χ0n) is 13.6. The summed E-state index contributed by atoms with van der Waals surface area (Å²) in [7, 11) is 1.30. The predicted octanol–water partition coefficient (Wildman–Crippen LogP) is 1.79. The summed E-state index contributed by atoms with van der Waals surface area (Å²) in [5.74, 6) is -1.27. The Bertz CT molecular complexity index is 577. The van der Waals surface area contributed by atoms with Crippen LogP contribution in [0.3, 0.4) is 0 Å². The molecule has 0 spiro atoms. The van der Waals surface area contributed by atoms with Crippen molar-refractivity contribution in [3.8, 4) is 0 Å². The molecule has 0 aliphatic carbocycles. The van der Waals surface area contributed by atoms with Gasteiger partial charge in [0.1, 0.15) is 5.82 Å². The lowest BCUT2D eigenvalue weighted by atomic mass is 9.93. The van der Waals surface area contributed by atoms with Crippen LogP contribution in [-0.4, -0.2) is 31.6 Å². The topological polar surface area (TPSA) is 67.4 Å². The summed E-state index contributed by atoms with van der Waals surface area (Å²) in [5, 5.41) is 5.92. The molecule has 1 heterocycles. The SMILES string of the molecule is COC(=O)C1CC(C(=O)NCC(C)C)NC1c1ccccc1F. The molecule has 6 heteroatoms. The molecular weight excluding hydrogens is 299 g/mol. The number of methoxy groups -OCH3 is 1. The van der Waals surface area contributed by atoms with Crippen LogP contribution in [0.15, 0.2) is 24.3 Å². The number of nitrogens with one attached hydrogen (secondary N) is 2. The molecule has 0 saturated carbocycles. The molecule has 126 valence electrons. The Morgan fingerprint density at radius 3 is 2.70 bits per heavy atom. The summed E-state index contributed by atoms with van der Waals surface area (Å²) in [4.78, 5) is 24.3. The summed E-state index contributed by atoms with van der Waals surface area (Å²) < 4.78 is 18.9. The number of carbonyl (C=O) groups is 2. The normalized spacial score (nSPS) is 23.8. The van der Waals surface area contributed by atoms with Gasteiger partial charge >= 0.3 is 5.97 Å². The number of halogens is 1. The van der Waals surface area contributed by atoms with Crippen molar-refractivity contribution in [2.75, 3.05) is 13.7 Å². The van der Waals surface area contributed by atoms with Crippen molar-refractivity contribution in [3.63, 3.8) is 0 Å². The number of rotatable bonds is 5. The molecule has 0 radical (unpaired) electrons. The van der Waals surface area contributed by atoms with Crippen molar-refractivity contribution >= 4 is 11.9 Å². The zero-order valence-corrected chi connectivity index (χ0v) is 13.6. The Morgan fingerprint density at radius 1 is 1.39 bits per heavy atom. The van der Waals surface area contributed by atoms with Crippen molar-refractivity contribution in [2.24, 2.45) is 11.8 Å². The highest BCUT2D eigenvalue weighted by Crippen LogP contribution is 2.34. The molecule has 2 rings (SSSR count). The van der Waals surface area contributed by atoms with Crippen LogP contribution in [0.5, 0.6) is 0 Å². The van der Waals surface area contributed by atoms with Crippen molar-refractivity contribution in [1.82, 2.24) is 10.6 Å². The summed E-state index contributed by atoms with van der Waals surface area (Å²) in [6.45, 7) is 4.56. The number of amides is 1. The number of hydrogen-bond acceptors (Lipinski definition) is 4. The molecule has 3 atom stereocenters. The zero-order chi connectivity index (χ0) is 17.0. The van der Waals surface area contributed by atoms with Crippen molar-refractivity contribution < 1.29 is 18.7 Å². The van der Waals surface area contributed by atoms with Gasteiger partial charge in [0.15, 0.2) is 0 Å². The first-order chi connectivity index (χ1) is 10.9. The van der Waals surface area contributed by atoms with E-state index in [0.717, 1.165) is 0 Å². The summed E-state index contributed by atoms with van der Waals surface area (Å²) in [6, 6.07) is 5.16. The highest BCUT2D eigenvalue weighted by molar-refractivity contribution is 5.84. The highest BCUT2D eigenvalue weighted by Gasteiger charge is 2.43. The van der Waals surface area contributed by atoms with Gasteiger partial charge in [0.25, 0.3) is 0 Å². The van der Waals surface area contributed by atoms with Gasteiger partial charge in [0.2, 0.25) is 5.91 Å². The molecular formula is C17H23FN2O3. The smallest absolute Gasteiger partial charge is 0.310 e. The van der Waals surface area contributed by atoms with Crippen LogP contribution in [0.1, 0.15) is 31.9 Å². The fourth-order valence-electron chi connectivity index (χ4n) is 2.82. The van der Waals surface area contributed by atoms with Crippen LogP contribution in [-0.2, 0) is 14.3 Å². The monoisotopic (exact) mass is 322 g/mol. The van der Waals surface area contributed by atoms with Crippen molar-refractivity contribution in [3.05, 3.63) is 35.6 Å². The van der Waals surface area contributed by atoms with Gasteiger partial charge in [-0.25, -0.2) is 4.39 Å². The van der Waals surface area contributed by atoms with Gasteiger partial charge in [-0.3, -0.25) is 14.9 Å². The minimum Gasteiger partial charge on any atom is -0.469 e. The summed E-state index contributed by atoms with van der Waals surface area (Å²) in [6.07, 6.45) is 0.287. The van der Waals surface area contributed by atoms with E-state index in [4.69, 9.17) is 4.74 Å². The molecule has 1 saturated heterocycles. The first-order valence-corrected chi connectivity index (χ1v) is 7.80. The van der Waals surface area contributed by atoms with Crippen molar-refractivity contribution in [1.29, 1.82) is 0 Å². The Labute approximate surface area is 135 Å². The van der Waals surface area contributed by atoms with E-state index in [1.54, 1.807) is 18.2 Å². The van der Waals surface area contributed by atoms with Crippen LogP contribution in [0.25, 0.3) is 0 Å². The molecule has 23 heavy (non-hydrogen) atoms. The maximum atomic E-state index is 14.1. The third kappa shape index (κ3) is 4.07. The summed E-state index contributed by atoms with van der Waals surface area (Å²) >= 11 is 0. The molecule has 0 bridgehead atoms. The van der Waals surface area contributed by atoms with Gasteiger partial charge in [0.05, 0.1) is 19.1 Å². The number of hydrogen-bond donors (Lipinski definition) is 2. The lowest BCUT2D eigenvalue weighted by Gasteiger charge is -2.18. The second-order valence-electron chi connectivity index (χ2n) is 6.22. The lowest BCUT2D eigenvalue weighted by Crippen LogP contribution is -2.42. The highest BCUT2D eigenvalue weighted by atomic mass is 19.1. The molecule has 1 aliphatic heterocycles. The molecule has 2 N–H and O–H groups in total. The first-order valence-electron chi connectivity index (χ1n) is 7.80. The van der Waals surface area contributed by atoms with Crippen LogP contribution >= 0.6 is 0 Å². The Hall–Kier alpha value is -1.95. The van der Waals surface area contributed by atoms with E-state index < -0.39 is 29.8 Å². The van der Waals surface area contributed by atoms with Gasteiger partial charge in [-0.1, -0.05) is 32.0 Å². The quantitative estimate of drug-likeness (QED) is 0.811. The number of carbonyl (C=O) groups excluding carboxylic acids is 2. The third-order valence-electron chi connectivity index (χ3n) is 4.02. The second-order valence-corrected chi connectivity index (χ2v) is 6.22. The van der Waals surface area contributed by atoms with E-state index in [2.05, 4.69) is 10.6 Å². The third-order valence-corrected chi connectivity index (χ3v) is 4.02. The van der Waals surface area contributed by atoms with Crippen LogP contribution in [0.4, 0.5) is 4.39 Å². The standard InChI is InChI=1S/C17H23FN2O3/c1-10(2)9-19-16(21)14-8-12(17(22)23-3)15(20-14)11-6-4-5-7-13(11)18/h4-7,10,12,14-15,20H,8-9H2,1-3H3,(H,19,21). The number of ether oxygens (including phenoxy) is 1. The fraction of sp³-hybridized carbons (Fsp3) is 0.529. The van der Waals surface area contributed by atoms with Gasteiger partial charge in [0, 0.05) is 18.2 Å². The van der Waals surface area contributed by atoms with Crippen LogP contribution in [0.2, 0.25) is 0 Å². The average molecular weight is 322 g/mol. The Balaban J connectivity index is 2.18. The maximum Gasteiger partial charge on any atom is 0.310 e. The van der Waals surface area contributed by atoms with E-state index in [-0.39, 0.29) is 12.3 Å². The fourth-order valence-corrected chi connectivity index (χ4v) is 2.82. The van der Waals surface area contributed by atoms with Gasteiger partial charge in [-0.15, -0.1) is 0 Å². The molecule has 1 fully saturated rings. The largest absolute Gasteiger partial charge is 0.469 e. The van der Waals surface area contributed by atoms with E-state index in [1.165, 1.54) is 13.2 Å². The molecule has 0 aromatic heterocycles. The molecule has 5 nitrogen and oxygen atoms in total. The van der Waals surface area contributed by atoms with Crippen LogP contribution < -0.4 is 10.6 Å². The number of esters is 1. The van der Waals surface area contributed by atoms with Crippen molar-refractivity contribution in [2.45, 2.75) is 32.4 Å². The lowest BCUT2D eigenvalue weighted by molar-refractivity contribution is -0.145. The predicted molar refractivity (Wildman–Crippen MR) is 84.0 cm³/mol. The van der Waals surface area contributed by atoms with E-state index in [0.29, 0.717) is 18.0 Å². The Kier molecular flexibility index (Phi) is 5.71. The van der Waals surface area contributed by atoms with Gasteiger partial charge < -0.3 is 10.1 Å². The minimum atomic E-state index is -0.591. The summed E-state index contributed by atoms with van der Waals surface area (Å²) in [5.41, 5.74) is 0.377. The van der Waals surface area contributed by atoms with E-state index in [1.807, 2.05) is 13.8 Å². The maximum absolute atomic E-state index is 14.1.